The highest BCUT2D eigenvalue weighted by atomic mass is 16.3. The fourth-order valence-electron chi connectivity index (χ4n) is 4.26. The first-order valence-electron chi connectivity index (χ1n) is 11.2. The minimum Gasteiger partial charge on any atom is -0.374 e. The molecule has 0 saturated carbocycles. The minimum absolute atomic E-state index is 0.180. The summed E-state index contributed by atoms with van der Waals surface area (Å²) in [6, 6.07) is 11.5. The summed E-state index contributed by atoms with van der Waals surface area (Å²) < 4.78 is 0. The van der Waals surface area contributed by atoms with E-state index in [0.717, 1.165) is 23.0 Å². The number of nitrogens with zero attached hydrogens (tertiary/aromatic N) is 2. The highest BCUT2D eigenvalue weighted by Crippen LogP contribution is 2.35. The van der Waals surface area contributed by atoms with Crippen molar-refractivity contribution in [3.8, 4) is 0 Å². The van der Waals surface area contributed by atoms with Crippen LogP contribution in [0.3, 0.4) is 0 Å². The average Bonchev–Trinajstić information content (AvgIpc) is 3.17. The third-order valence-corrected chi connectivity index (χ3v) is 6.21. The summed E-state index contributed by atoms with van der Waals surface area (Å²) in [4.78, 5) is 27.8. The summed E-state index contributed by atoms with van der Waals surface area (Å²) in [6.07, 6.45) is 1.12. The second-order valence-corrected chi connectivity index (χ2v) is 8.58. The molecule has 2 aromatic carbocycles. The number of amidine groups is 2. The van der Waals surface area contributed by atoms with Crippen molar-refractivity contribution in [3.63, 3.8) is 0 Å². The van der Waals surface area contributed by atoms with Crippen LogP contribution in [0.5, 0.6) is 0 Å². The topological polar surface area (TPSA) is 168 Å². The zero-order chi connectivity index (χ0) is 25.1. The van der Waals surface area contributed by atoms with Crippen LogP contribution in [0.25, 0.3) is 0 Å². The molecule has 1 fully saturated rings. The lowest BCUT2D eigenvalue weighted by Gasteiger charge is -2.32. The number of nitrogens with one attached hydrogen (secondary N) is 6. The van der Waals surface area contributed by atoms with E-state index in [1.165, 1.54) is 4.90 Å². The van der Waals surface area contributed by atoms with Crippen LogP contribution in [-0.2, 0) is 17.9 Å². The SMILES string of the molecule is CN(C=N)C(=N)c1ccc(NC(=O)NCc2ccc3c(c2)CN(C2CCC(=N)NC2=O)C3O)cc1. The summed E-state index contributed by atoms with van der Waals surface area (Å²) in [7, 11) is 1.62. The standard InChI is InChI=1S/C24H28N8O3/c1-31(13-25)21(27)15-3-5-17(6-4-15)29-24(35)28-11-14-2-7-18-16(10-14)12-32(23(18)34)19-8-9-20(26)30-22(19)33/h2-7,10,13,19,23,25,27,34H,8-9,11-12H2,1H3,(H2,26,30,33)(H2,28,29,35). The molecule has 2 aromatic rings. The molecular weight excluding hydrogens is 448 g/mol. The van der Waals surface area contributed by atoms with Crippen molar-refractivity contribution in [1.82, 2.24) is 20.4 Å². The molecule has 35 heavy (non-hydrogen) atoms. The maximum atomic E-state index is 12.4. The van der Waals surface area contributed by atoms with E-state index in [9.17, 15) is 14.7 Å². The molecule has 0 radical (unpaired) electrons. The van der Waals surface area contributed by atoms with E-state index in [4.69, 9.17) is 16.2 Å². The Hall–Kier alpha value is -4.09. The average molecular weight is 477 g/mol. The fraction of sp³-hybridized carbons (Fsp3) is 0.292. The maximum Gasteiger partial charge on any atom is 0.319 e. The number of amides is 3. The van der Waals surface area contributed by atoms with Gasteiger partial charge in [0.25, 0.3) is 0 Å². The lowest BCUT2D eigenvalue weighted by molar-refractivity contribution is -0.131. The number of rotatable bonds is 6. The number of fused-ring (bicyclic) bond motifs is 1. The lowest BCUT2D eigenvalue weighted by Crippen LogP contribution is -2.51. The van der Waals surface area contributed by atoms with Gasteiger partial charge in [-0.2, -0.15) is 0 Å². The van der Waals surface area contributed by atoms with Gasteiger partial charge in [0.1, 0.15) is 12.1 Å². The van der Waals surface area contributed by atoms with Gasteiger partial charge >= 0.3 is 6.03 Å². The van der Waals surface area contributed by atoms with E-state index in [1.54, 1.807) is 36.2 Å². The first-order chi connectivity index (χ1) is 16.8. The number of benzene rings is 2. The smallest absolute Gasteiger partial charge is 0.319 e. The summed E-state index contributed by atoms with van der Waals surface area (Å²) in [5.41, 5.74) is 3.70. The Morgan fingerprint density at radius 3 is 2.71 bits per heavy atom. The van der Waals surface area contributed by atoms with Crippen molar-refractivity contribution >= 4 is 35.6 Å². The molecule has 2 heterocycles. The third-order valence-electron chi connectivity index (χ3n) is 6.21. The predicted molar refractivity (Wildman–Crippen MR) is 132 cm³/mol. The van der Waals surface area contributed by atoms with E-state index >= 15 is 0 Å². The van der Waals surface area contributed by atoms with Crippen molar-refractivity contribution in [2.75, 3.05) is 12.4 Å². The predicted octanol–water partition coefficient (Wildman–Crippen LogP) is 1.93. The van der Waals surface area contributed by atoms with Gasteiger partial charge in [0, 0.05) is 37.8 Å². The lowest BCUT2D eigenvalue weighted by atomic mass is 10.0. The number of carbonyl (C=O) groups excluding carboxylic acids is 2. The molecule has 3 amide bonds. The number of carbonyl (C=O) groups is 2. The largest absolute Gasteiger partial charge is 0.374 e. The zero-order valence-corrected chi connectivity index (χ0v) is 19.3. The molecule has 2 unspecified atom stereocenters. The number of hydrogen-bond acceptors (Lipinski definition) is 7. The normalized spacial score (nSPS) is 19.5. The highest BCUT2D eigenvalue weighted by molar-refractivity contribution is 6.02. The van der Waals surface area contributed by atoms with Crippen molar-refractivity contribution in [2.24, 2.45) is 0 Å². The summed E-state index contributed by atoms with van der Waals surface area (Å²) >= 11 is 0. The minimum atomic E-state index is -0.887. The van der Waals surface area contributed by atoms with Crippen LogP contribution in [0.15, 0.2) is 42.5 Å². The van der Waals surface area contributed by atoms with Gasteiger partial charge in [-0.05, 0) is 47.4 Å². The number of urea groups is 1. The van der Waals surface area contributed by atoms with Gasteiger partial charge in [-0.25, -0.2) is 4.79 Å². The molecule has 182 valence electrons. The summed E-state index contributed by atoms with van der Waals surface area (Å²) in [6.45, 7) is 0.694. The quantitative estimate of drug-likeness (QED) is 0.249. The van der Waals surface area contributed by atoms with Crippen molar-refractivity contribution in [1.29, 1.82) is 16.2 Å². The molecule has 11 heteroatoms. The molecule has 2 aliphatic heterocycles. The van der Waals surface area contributed by atoms with Gasteiger partial charge in [0.15, 0.2) is 0 Å². The van der Waals surface area contributed by atoms with Crippen LogP contribution in [0.4, 0.5) is 10.5 Å². The van der Waals surface area contributed by atoms with Gasteiger partial charge in [-0.15, -0.1) is 0 Å². The zero-order valence-electron chi connectivity index (χ0n) is 19.3. The Balaban J connectivity index is 1.33. The number of aliphatic hydroxyl groups is 1. The Labute approximate surface area is 202 Å². The second kappa shape index (κ2) is 10.0. The molecule has 4 rings (SSSR count). The molecule has 2 atom stereocenters. The molecular formula is C24H28N8O3. The molecule has 7 N–H and O–H groups in total. The van der Waals surface area contributed by atoms with E-state index in [0.29, 0.717) is 30.6 Å². The van der Waals surface area contributed by atoms with Crippen molar-refractivity contribution < 1.29 is 14.7 Å². The monoisotopic (exact) mass is 476 g/mol. The first kappa shape index (κ1) is 24.0. The number of aliphatic hydroxyl groups excluding tert-OH is 1. The maximum absolute atomic E-state index is 12.4. The van der Waals surface area contributed by atoms with Gasteiger partial charge < -0.3 is 26.0 Å². The van der Waals surface area contributed by atoms with Gasteiger partial charge in [0.2, 0.25) is 5.91 Å². The van der Waals surface area contributed by atoms with Gasteiger partial charge in [-0.3, -0.25) is 25.9 Å². The Morgan fingerprint density at radius 2 is 2.03 bits per heavy atom. The van der Waals surface area contributed by atoms with Crippen LogP contribution in [0.2, 0.25) is 0 Å². The molecule has 1 saturated heterocycles. The third kappa shape index (κ3) is 5.20. The van der Waals surface area contributed by atoms with E-state index in [2.05, 4.69) is 16.0 Å². The van der Waals surface area contributed by atoms with Crippen LogP contribution in [-0.4, -0.2) is 57.9 Å². The van der Waals surface area contributed by atoms with Gasteiger partial charge in [-0.1, -0.05) is 18.2 Å². The van der Waals surface area contributed by atoms with Crippen LogP contribution in [0.1, 0.15) is 41.3 Å². The van der Waals surface area contributed by atoms with Crippen molar-refractivity contribution in [2.45, 2.75) is 38.2 Å². The molecule has 0 aromatic heterocycles. The number of anilines is 1. The highest BCUT2D eigenvalue weighted by Gasteiger charge is 2.39. The fourth-order valence-corrected chi connectivity index (χ4v) is 4.26. The number of piperidine rings is 1. The first-order valence-corrected chi connectivity index (χ1v) is 11.2. The molecule has 11 nitrogen and oxygen atoms in total. The Bertz CT molecular complexity index is 1180. The van der Waals surface area contributed by atoms with E-state index < -0.39 is 12.3 Å². The molecule has 2 aliphatic rings. The molecule has 0 spiro atoms. The molecule has 0 bridgehead atoms. The van der Waals surface area contributed by atoms with E-state index in [-0.39, 0.29) is 30.2 Å². The van der Waals surface area contributed by atoms with Crippen molar-refractivity contribution in [3.05, 3.63) is 64.7 Å². The number of hydrogen-bond donors (Lipinski definition) is 7. The Morgan fingerprint density at radius 1 is 1.29 bits per heavy atom. The van der Waals surface area contributed by atoms with Crippen LogP contribution >= 0.6 is 0 Å². The van der Waals surface area contributed by atoms with Crippen LogP contribution in [0, 0.1) is 16.2 Å². The molecule has 0 aliphatic carbocycles. The Kier molecular flexibility index (Phi) is 6.90. The summed E-state index contributed by atoms with van der Waals surface area (Å²) in [5.74, 6) is 0.119. The van der Waals surface area contributed by atoms with Gasteiger partial charge in [0.05, 0.1) is 18.2 Å². The van der Waals surface area contributed by atoms with E-state index in [1.807, 2.05) is 18.2 Å². The second-order valence-electron chi connectivity index (χ2n) is 8.58. The van der Waals surface area contributed by atoms with Crippen LogP contribution < -0.4 is 16.0 Å². The summed E-state index contributed by atoms with van der Waals surface area (Å²) in [5, 5.41) is 41.7.